The van der Waals surface area contributed by atoms with Crippen LogP contribution < -0.4 is 5.32 Å². The lowest BCUT2D eigenvalue weighted by Gasteiger charge is -2.22. The standard InChI is InChI=1S/C18H25N3O2/c1-19-18(21(2)14-16-8-4-3-5-9-16)20-11-7-12-22-15-17-10-6-13-23-17/h3-6,8-10,13H,7,11-12,14-15H2,1-2H3,(H,19,20). The van der Waals surface area contributed by atoms with Crippen LogP contribution in [0.4, 0.5) is 0 Å². The molecule has 0 saturated carbocycles. The number of furan rings is 1. The SMILES string of the molecule is CN=C(NCCCOCc1ccco1)N(C)Cc1ccccc1. The van der Waals surface area contributed by atoms with Gasteiger partial charge in [-0.2, -0.15) is 0 Å². The zero-order valence-corrected chi connectivity index (χ0v) is 13.9. The van der Waals surface area contributed by atoms with E-state index in [0.29, 0.717) is 13.2 Å². The summed E-state index contributed by atoms with van der Waals surface area (Å²) in [6.07, 6.45) is 2.58. The van der Waals surface area contributed by atoms with E-state index in [1.165, 1.54) is 5.56 Å². The molecule has 23 heavy (non-hydrogen) atoms. The number of nitrogens with zero attached hydrogens (tertiary/aromatic N) is 2. The third-order valence-corrected chi connectivity index (χ3v) is 3.41. The van der Waals surface area contributed by atoms with Crippen LogP contribution in [-0.4, -0.2) is 38.1 Å². The summed E-state index contributed by atoms with van der Waals surface area (Å²) in [4.78, 5) is 6.43. The van der Waals surface area contributed by atoms with E-state index in [0.717, 1.165) is 31.2 Å². The lowest BCUT2D eigenvalue weighted by atomic mass is 10.2. The van der Waals surface area contributed by atoms with E-state index in [1.807, 2.05) is 25.2 Å². The van der Waals surface area contributed by atoms with Crippen LogP contribution in [0.1, 0.15) is 17.7 Å². The Labute approximate surface area is 138 Å². The summed E-state index contributed by atoms with van der Waals surface area (Å²) in [7, 11) is 3.84. The van der Waals surface area contributed by atoms with Crippen molar-refractivity contribution in [3.05, 3.63) is 60.1 Å². The molecule has 0 radical (unpaired) electrons. The number of benzene rings is 1. The highest BCUT2D eigenvalue weighted by Gasteiger charge is 2.05. The fraction of sp³-hybridized carbons (Fsp3) is 0.389. The van der Waals surface area contributed by atoms with Gasteiger partial charge in [0.1, 0.15) is 12.4 Å². The number of rotatable bonds is 8. The Morgan fingerprint density at radius 3 is 2.74 bits per heavy atom. The molecule has 1 aromatic heterocycles. The van der Waals surface area contributed by atoms with Crippen molar-refractivity contribution in [2.45, 2.75) is 19.6 Å². The monoisotopic (exact) mass is 315 g/mol. The maximum Gasteiger partial charge on any atom is 0.193 e. The fourth-order valence-electron chi connectivity index (χ4n) is 2.26. The molecule has 2 aromatic rings. The molecule has 5 nitrogen and oxygen atoms in total. The first-order valence-electron chi connectivity index (χ1n) is 7.85. The van der Waals surface area contributed by atoms with Crippen LogP contribution in [0.15, 0.2) is 58.1 Å². The lowest BCUT2D eigenvalue weighted by molar-refractivity contribution is 0.104. The highest BCUT2D eigenvalue weighted by molar-refractivity contribution is 5.79. The average Bonchev–Trinajstić information content (AvgIpc) is 3.08. The molecule has 0 bridgehead atoms. The summed E-state index contributed by atoms with van der Waals surface area (Å²) in [6.45, 7) is 2.86. The fourth-order valence-corrected chi connectivity index (χ4v) is 2.26. The number of guanidine groups is 1. The van der Waals surface area contributed by atoms with E-state index >= 15 is 0 Å². The molecule has 0 fully saturated rings. The number of hydrogen-bond acceptors (Lipinski definition) is 3. The van der Waals surface area contributed by atoms with Gasteiger partial charge in [0.25, 0.3) is 0 Å². The van der Waals surface area contributed by atoms with Crippen molar-refractivity contribution in [1.82, 2.24) is 10.2 Å². The predicted octanol–water partition coefficient (Wildman–Crippen LogP) is 2.89. The van der Waals surface area contributed by atoms with Crippen LogP contribution in [0.3, 0.4) is 0 Å². The average molecular weight is 315 g/mol. The molecule has 0 saturated heterocycles. The summed E-state index contributed by atoms with van der Waals surface area (Å²) in [5, 5.41) is 3.36. The Morgan fingerprint density at radius 2 is 2.04 bits per heavy atom. The first-order chi connectivity index (χ1) is 11.3. The van der Waals surface area contributed by atoms with E-state index in [9.17, 15) is 0 Å². The lowest BCUT2D eigenvalue weighted by Crippen LogP contribution is -2.39. The van der Waals surface area contributed by atoms with Crippen LogP contribution in [0, 0.1) is 0 Å². The minimum Gasteiger partial charge on any atom is -0.467 e. The maximum atomic E-state index is 5.56. The highest BCUT2D eigenvalue weighted by atomic mass is 16.5. The second-order valence-corrected chi connectivity index (χ2v) is 5.30. The van der Waals surface area contributed by atoms with Gasteiger partial charge in [0.15, 0.2) is 5.96 Å². The van der Waals surface area contributed by atoms with Crippen molar-refractivity contribution in [3.63, 3.8) is 0 Å². The van der Waals surface area contributed by atoms with Gasteiger partial charge in [0.05, 0.1) is 6.26 Å². The van der Waals surface area contributed by atoms with Crippen molar-refractivity contribution in [2.75, 3.05) is 27.2 Å². The first-order valence-corrected chi connectivity index (χ1v) is 7.85. The molecule has 5 heteroatoms. The van der Waals surface area contributed by atoms with Gasteiger partial charge in [0.2, 0.25) is 0 Å². The zero-order chi connectivity index (χ0) is 16.3. The molecule has 1 heterocycles. The largest absolute Gasteiger partial charge is 0.467 e. The Hall–Kier alpha value is -2.27. The van der Waals surface area contributed by atoms with Gasteiger partial charge in [-0.05, 0) is 24.1 Å². The predicted molar refractivity (Wildman–Crippen MR) is 92.3 cm³/mol. The minimum atomic E-state index is 0.523. The molecule has 0 unspecified atom stereocenters. The summed E-state index contributed by atoms with van der Waals surface area (Å²) in [5.41, 5.74) is 1.26. The van der Waals surface area contributed by atoms with Crippen LogP contribution in [-0.2, 0) is 17.9 Å². The maximum absolute atomic E-state index is 5.56. The normalized spacial score (nSPS) is 11.5. The van der Waals surface area contributed by atoms with Crippen LogP contribution in [0.25, 0.3) is 0 Å². The van der Waals surface area contributed by atoms with E-state index < -0.39 is 0 Å². The Kier molecular flexibility index (Phi) is 7.20. The topological polar surface area (TPSA) is 50.0 Å². The molecule has 0 atom stereocenters. The quantitative estimate of drug-likeness (QED) is 0.462. The molecule has 0 spiro atoms. The second kappa shape index (κ2) is 9.69. The van der Waals surface area contributed by atoms with Crippen LogP contribution in [0.5, 0.6) is 0 Å². The third kappa shape index (κ3) is 6.16. The first kappa shape index (κ1) is 17.1. The molecule has 0 aliphatic rings. The highest BCUT2D eigenvalue weighted by Crippen LogP contribution is 2.03. The third-order valence-electron chi connectivity index (χ3n) is 3.41. The van der Waals surface area contributed by atoms with Crippen LogP contribution in [0.2, 0.25) is 0 Å². The van der Waals surface area contributed by atoms with Crippen molar-refractivity contribution in [1.29, 1.82) is 0 Å². The summed E-state index contributed by atoms with van der Waals surface area (Å²) in [6, 6.07) is 14.1. The molecular weight excluding hydrogens is 290 g/mol. The van der Waals surface area contributed by atoms with Crippen molar-refractivity contribution in [2.24, 2.45) is 4.99 Å². The van der Waals surface area contributed by atoms with Crippen molar-refractivity contribution < 1.29 is 9.15 Å². The van der Waals surface area contributed by atoms with Gasteiger partial charge >= 0.3 is 0 Å². The van der Waals surface area contributed by atoms with E-state index in [4.69, 9.17) is 9.15 Å². The molecule has 0 aliphatic heterocycles. The van der Waals surface area contributed by atoms with Crippen molar-refractivity contribution >= 4 is 5.96 Å². The molecule has 124 valence electrons. The summed E-state index contributed by atoms with van der Waals surface area (Å²) >= 11 is 0. The smallest absolute Gasteiger partial charge is 0.193 e. The molecule has 0 amide bonds. The van der Waals surface area contributed by atoms with Gasteiger partial charge in [-0.1, -0.05) is 30.3 Å². The van der Waals surface area contributed by atoms with Gasteiger partial charge in [-0.3, -0.25) is 4.99 Å². The van der Waals surface area contributed by atoms with Gasteiger partial charge < -0.3 is 19.4 Å². The number of hydrogen-bond donors (Lipinski definition) is 1. The molecule has 1 N–H and O–H groups in total. The Bertz CT molecular complexity index is 567. The summed E-state index contributed by atoms with van der Waals surface area (Å²) in [5.74, 6) is 1.75. The molecule has 2 rings (SSSR count). The number of ether oxygens (including phenoxy) is 1. The van der Waals surface area contributed by atoms with E-state index in [2.05, 4.69) is 39.5 Å². The Morgan fingerprint density at radius 1 is 1.22 bits per heavy atom. The molecular formula is C18H25N3O2. The zero-order valence-electron chi connectivity index (χ0n) is 13.9. The number of aliphatic imine (C=N–C) groups is 1. The van der Waals surface area contributed by atoms with Gasteiger partial charge in [-0.25, -0.2) is 0 Å². The van der Waals surface area contributed by atoms with E-state index in [1.54, 1.807) is 13.3 Å². The second-order valence-electron chi connectivity index (χ2n) is 5.30. The van der Waals surface area contributed by atoms with Crippen LogP contribution >= 0.6 is 0 Å². The van der Waals surface area contributed by atoms with E-state index in [-0.39, 0.29) is 0 Å². The molecule has 0 aliphatic carbocycles. The molecule has 1 aromatic carbocycles. The van der Waals surface area contributed by atoms with Gasteiger partial charge in [-0.15, -0.1) is 0 Å². The minimum absolute atomic E-state index is 0.523. The van der Waals surface area contributed by atoms with Gasteiger partial charge in [0, 0.05) is 33.8 Å². The van der Waals surface area contributed by atoms with Crippen molar-refractivity contribution in [3.8, 4) is 0 Å². The Balaban J connectivity index is 1.62. The summed E-state index contributed by atoms with van der Waals surface area (Å²) < 4.78 is 10.8. The number of nitrogens with one attached hydrogen (secondary N) is 1.